The van der Waals surface area contributed by atoms with E-state index in [1.54, 1.807) is 31.2 Å². The van der Waals surface area contributed by atoms with Crippen molar-refractivity contribution >= 4 is 35.2 Å². The number of benzene rings is 2. The number of anilines is 1. The third-order valence-electron chi connectivity index (χ3n) is 6.38. The first kappa shape index (κ1) is 27.1. The number of aliphatic hydroxyl groups is 2. The van der Waals surface area contributed by atoms with Crippen molar-refractivity contribution in [3.63, 3.8) is 0 Å². The maximum atomic E-state index is 13.9. The minimum absolute atomic E-state index is 0.0113. The minimum Gasteiger partial charge on any atom is -0.478 e. The molecule has 0 aliphatic carbocycles. The number of carbonyl (C=O) groups is 2. The Labute approximate surface area is 222 Å². The molecule has 0 saturated carbocycles. The molecule has 11 heteroatoms. The molecule has 3 aromatic rings. The number of aliphatic hydroxyl groups excluding tert-OH is 2. The Kier molecular flexibility index (Phi) is 7.96. The Morgan fingerprint density at radius 2 is 1.89 bits per heavy atom. The molecule has 0 atom stereocenters. The summed E-state index contributed by atoms with van der Waals surface area (Å²) in [7, 11) is 0. The highest BCUT2D eigenvalue weighted by Gasteiger charge is 2.29. The molecule has 4 rings (SSSR count). The van der Waals surface area contributed by atoms with Crippen molar-refractivity contribution in [2.75, 3.05) is 37.7 Å². The third kappa shape index (κ3) is 4.93. The molecule has 0 fully saturated rings. The van der Waals surface area contributed by atoms with E-state index < -0.39 is 17.4 Å². The Morgan fingerprint density at radius 1 is 1.13 bits per heavy atom. The van der Waals surface area contributed by atoms with Crippen LogP contribution in [0.15, 0.2) is 52.4 Å². The van der Waals surface area contributed by atoms with E-state index in [0.29, 0.717) is 29.2 Å². The molecule has 1 aliphatic rings. The number of aromatic carboxylic acids is 1. The number of likely N-dealkylation sites (N-methyl/N-ethyl adjacent to an activating group) is 1. The van der Waals surface area contributed by atoms with E-state index >= 15 is 0 Å². The van der Waals surface area contributed by atoms with Gasteiger partial charge in [-0.1, -0.05) is 23.7 Å². The summed E-state index contributed by atoms with van der Waals surface area (Å²) in [5, 5.41) is 34.1. The van der Waals surface area contributed by atoms with Gasteiger partial charge in [-0.25, -0.2) is 9.80 Å². The maximum Gasteiger partial charge on any atom is 0.335 e. The number of pyridine rings is 1. The predicted octanol–water partition coefficient (Wildman–Crippen LogP) is 1.13. The SMILES string of the molecule is CCN(CCO)c1ccc(/C=c2/c(C)c3c(n(-c4cccc(C(=O)O)c4)c2=O)=NN(CCO)C3=O)c(Cl)c1. The highest BCUT2D eigenvalue weighted by molar-refractivity contribution is 6.32. The van der Waals surface area contributed by atoms with Crippen molar-refractivity contribution in [2.24, 2.45) is 5.10 Å². The first-order valence-corrected chi connectivity index (χ1v) is 12.4. The molecule has 0 radical (unpaired) electrons. The van der Waals surface area contributed by atoms with Gasteiger partial charge in [0.1, 0.15) is 0 Å². The highest BCUT2D eigenvalue weighted by atomic mass is 35.5. The fourth-order valence-corrected chi connectivity index (χ4v) is 4.67. The topological polar surface area (TPSA) is 136 Å². The van der Waals surface area contributed by atoms with Crippen LogP contribution in [-0.4, -0.2) is 69.6 Å². The maximum absolute atomic E-state index is 13.9. The number of nitrogens with zero attached hydrogens (tertiary/aromatic N) is 4. The number of rotatable bonds is 9. The van der Waals surface area contributed by atoms with Gasteiger partial charge in [0.05, 0.1) is 36.6 Å². The van der Waals surface area contributed by atoms with E-state index in [4.69, 9.17) is 11.6 Å². The molecule has 0 bridgehead atoms. The summed E-state index contributed by atoms with van der Waals surface area (Å²) >= 11 is 6.59. The van der Waals surface area contributed by atoms with Gasteiger partial charge in [0, 0.05) is 29.0 Å². The average molecular weight is 539 g/mol. The van der Waals surface area contributed by atoms with Crippen molar-refractivity contribution in [3.8, 4) is 5.69 Å². The quantitative estimate of drug-likeness (QED) is 0.371. The molecular formula is C27H27ClN4O6. The standard InChI is InChI=1S/C27H27ClN4O6/c1-3-30(9-11-33)19-8-7-17(22(28)15-19)14-21-16(2)23-24(29-31(10-12-34)26(23)36)32(25(21)35)20-6-4-5-18(13-20)27(37)38/h4-8,13-15,33-34H,3,9-12H2,1-2H3,(H,37,38)/b21-14-. The lowest BCUT2D eigenvalue weighted by Crippen LogP contribution is -2.45. The summed E-state index contributed by atoms with van der Waals surface area (Å²) in [4.78, 5) is 40.6. The Morgan fingerprint density at radius 3 is 2.53 bits per heavy atom. The molecule has 0 unspecified atom stereocenters. The van der Waals surface area contributed by atoms with Gasteiger partial charge in [0.15, 0.2) is 5.49 Å². The number of aromatic nitrogens is 1. The van der Waals surface area contributed by atoms with Crippen molar-refractivity contribution < 1.29 is 24.9 Å². The highest BCUT2D eigenvalue weighted by Crippen LogP contribution is 2.24. The molecule has 3 N–H and O–H groups in total. The van der Waals surface area contributed by atoms with Gasteiger partial charge in [-0.2, -0.15) is 5.10 Å². The number of β-amino-alcohol motifs (C(OH)–C–C–N with tert-alkyl or cyclic N) is 1. The number of carboxylic acid groups (broad SMARTS) is 1. The molecule has 198 valence electrons. The normalized spacial score (nSPS) is 13.0. The summed E-state index contributed by atoms with van der Waals surface area (Å²) < 4.78 is 1.21. The van der Waals surface area contributed by atoms with Crippen LogP contribution >= 0.6 is 11.6 Å². The van der Waals surface area contributed by atoms with Gasteiger partial charge in [0.2, 0.25) is 0 Å². The fraction of sp³-hybridized carbons (Fsp3) is 0.259. The van der Waals surface area contributed by atoms with Crippen LogP contribution in [0.2, 0.25) is 5.02 Å². The van der Waals surface area contributed by atoms with E-state index in [1.807, 2.05) is 17.9 Å². The Hall–Kier alpha value is -3.99. The molecule has 2 aromatic carbocycles. The summed E-state index contributed by atoms with van der Waals surface area (Å²) in [5.41, 5.74) is 1.66. The fourth-order valence-electron chi connectivity index (χ4n) is 4.44. The predicted molar refractivity (Wildman–Crippen MR) is 143 cm³/mol. The smallest absolute Gasteiger partial charge is 0.335 e. The summed E-state index contributed by atoms with van der Waals surface area (Å²) in [6.07, 6.45) is 1.59. The Balaban J connectivity index is 1.99. The molecule has 1 aromatic heterocycles. The van der Waals surface area contributed by atoms with Gasteiger partial charge >= 0.3 is 5.97 Å². The number of carboxylic acids is 1. The van der Waals surface area contributed by atoms with E-state index in [0.717, 1.165) is 10.7 Å². The number of halogens is 1. The summed E-state index contributed by atoms with van der Waals surface area (Å²) in [6, 6.07) is 11.1. The Bertz CT molecular complexity index is 1600. The van der Waals surface area contributed by atoms with Gasteiger partial charge in [-0.15, -0.1) is 0 Å². The van der Waals surface area contributed by atoms with E-state index in [1.165, 1.54) is 22.8 Å². The molecule has 1 aliphatic heterocycles. The van der Waals surface area contributed by atoms with Crippen molar-refractivity contribution in [3.05, 3.63) is 90.8 Å². The molecule has 1 amide bonds. The zero-order chi connectivity index (χ0) is 27.6. The largest absolute Gasteiger partial charge is 0.478 e. The van der Waals surface area contributed by atoms with Gasteiger partial charge in [0.25, 0.3) is 11.5 Å². The molecule has 0 saturated heterocycles. The molecule has 10 nitrogen and oxygen atoms in total. The lowest BCUT2D eigenvalue weighted by atomic mass is 10.0. The van der Waals surface area contributed by atoms with Crippen LogP contribution in [0.5, 0.6) is 0 Å². The molecule has 0 spiro atoms. The van der Waals surface area contributed by atoms with Gasteiger partial charge in [-0.05, 0) is 61.4 Å². The van der Waals surface area contributed by atoms with Gasteiger partial charge < -0.3 is 20.2 Å². The minimum atomic E-state index is -1.17. The molecule has 38 heavy (non-hydrogen) atoms. The number of carbonyl (C=O) groups excluding carboxylic acids is 1. The lowest BCUT2D eigenvalue weighted by molar-refractivity contribution is 0.0695. The monoisotopic (exact) mass is 538 g/mol. The van der Waals surface area contributed by atoms with Crippen LogP contribution in [0.3, 0.4) is 0 Å². The number of hydrogen-bond donors (Lipinski definition) is 3. The number of fused-ring (bicyclic) bond motifs is 1. The average Bonchev–Trinajstić information content (AvgIpc) is 3.21. The number of amides is 1. The third-order valence-corrected chi connectivity index (χ3v) is 6.70. The van der Waals surface area contributed by atoms with Crippen LogP contribution in [0, 0.1) is 6.92 Å². The lowest BCUT2D eigenvalue weighted by Gasteiger charge is -2.22. The van der Waals surface area contributed by atoms with Crippen molar-refractivity contribution in [2.45, 2.75) is 13.8 Å². The van der Waals surface area contributed by atoms with E-state index in [9.17, 15) is 29.7 Å². The number of hydrogen-bond acceptors (Lipinski definition) is 7. The first-order valence-electron chi connectivity index (χ1n) is 12.0. The van der Waals surface area contributed by atoms with Crippen molar-refractivity contribution in [1.82, 2.24) is 9.58 Å². The van der Waals surface area contributed by atoms with Crippen LogP contribution in [0.4, 0.5) is 5.69 Å². The first-order chi connectivity index (χ1) is 18.2. The van der Waals surface area contributed by atoms with Crippen LogP contribution in [0.25, 0.3) is 11.8 Å². The van der Waals surface area contributed by atoms with Crippen molar-refractivity contribution in [1.29, 1.82) is 0 Å². The van der Waals surface area contributed by atoms with Crippen LogP contribution in [0.1, 0.15) is 38.8 Å². The summed E-state index contributed by atoms with van der Waals surface area (Å²) in [6.45, 7) is 4.31. The zero-order valence-electron chi connectivity index (χ0n) is 20.9. The van der Waals surface area contributed by atoms with Gasteiger partial charge in [-0.3, -0.25) is 14.2 Å². The summed E-state index contributed by atoms with van der Waals surface area (Å²) in [5.74, 6) is -1.65. The van der Waals surface area contributed by atoms with E-state index in [-0.39, 0.29) is 47.3 Å². The molecule has 2 heterocycles. The zero-order valence-corrected chi connectivity index (χ0v) is 21.6. The molecular weight excluding hydrogens is 512 g/mol. The van der Waals surface area contributed by atoms with E-state index in [2.05, 4.69) is 5.10 Å². The van der Waals surface area contributed by atoms with Crippen LogP contribution in [-0.2, 0) is 0 Å². The second-order valence-corrected chi connectivity index (χ2v) is 9.05. The second kappa shape index (κ2) is 11.2. The second-order valence-electron chi connectivity index (χ2n) is 8.64. The van der Waals surface area contributed by atoms with Crippen LogP contribution < -0.4 is 21.2 Å².